The molecule has 0 spiro atoms. The van der Waals surface area contributed by atoms with Crippen LogP contribution in [0.2, 0.25) is 0 Å². The maximum Gasteiger partial charge on any atom is 0.252 e. The summed E-state index contributed by atoms with van der Waals surface area (Å²) in [6, 6.07) is 18.8. The molecule has 126 valence electrons. The third kappa shape index (κ3) is 4.04. The van der Waals surface area contributed by atoms with E-state index in [1.807, 2.05) is 49.4 Å². The standard InChI is InChI=1S/C21H20N2O2/c1-15-8-10-16(11-9-15)20(18-6-4-12-22-14-18)23-21(24)17-5-3-7-19(13-17)25-2/h3-14,20H,1-2H3,(H,23,24)/t20-/m1/s1. The van der Waals surface area contributed by atoms with Crippen molar-refractivity contribution in [2.75, 3.05) is 7.11 Å². The molecule has 3 rings (SSSR count). The highest BCUT2D eigenvalue weighted by molar-refractivity contribution is 5.95. The lowest BCUT2D eigenvalue weighted by molar-refractivity contribution is 0.0942. The first kappa shape index (κ1) is 16.7. The van der Waals surface area contributed by atoms with Crippen molar-refractivity contribution in [3.63, 3.8) is 0 Å². The molecule has 0 unspecified atom stereocenters. The van der Waals surface area contributed by atoms with Crippen molar-refractivity contribution in [2.45, 2.75) is 13.0 Å². The van der Waals surface area contributed by atoms with Crippen LogP contribution in [-0.2, 0) is 0 Å². The number of hydrogen-bond donors (Lipinski definition) is 1. The molecular weight excluding hydrogens is 312 g/mol. The Morgan fingerprint density at radius 3 is 2.52 bits per heavy atom. The summed E-state index contributed by atoms with van der Waals surface area (Å²) in [6.45, 7) is 2.04. The first-order valence-electron chi connectivity index (χ1n) is 8.09. The van der Waals surface area contributed by atoms with Gasteiger partial charge in [-0.2, -0.15) is 0 Å². The van der Waals surface area contributed by atoms with Gasteiger partial charge in [-0.1, -0.05) is 42.0 Å². The fraction of sp³-hybridized carbons (Fsp3) is 0.143. The van der Waals surface area contributed by atoms with Gasteiger partial charge >= 0.3 is 0 Å². The van der Waals surface area contributed by atoms with Gasteiger partial charge in [-0.05, 0) is 42.3 Å². The first-order valence-corrected chi connectivity index (χ1v) is 8.09. The Morgan fingerprint density at radius 1 is 1.04 bits per heavy atom. The number of pyridine rings is 1. The predicted octanol–water partition coefficient (Wildman–Crippen LogP) is 3.92. The van der Waals surface area contributed by atoms with Crippen LogP contribution in [-0.4, -0.2) is 18.0 Å². The summed E-state index contributed by atoms with van der Waals surface area (Å²) in [7, 11) is 1.59. The fourth-order valence-corrected chi connectivity index (χ4v) is 2.64. The number of benzene rings is 2. The van der Waals surface area contributed by atoms with E-state index < -0.39 is 0 Å². The van der Waals surface area contributed by atoms with Gasteiger partial charge in [-0.15, -0.1) is 0 Å². The minimum atomic E-state index is -0.270. The summed E-state index contributed by atoms with van der Waals surface area (Å²) < 4.78 is 5.20. The normalized spacial score (nSPS) is 11.6. The third-order valence-corrected chi connectivity index (χ3v) is 4.04. The van der Waals surface area contributed by atoms with Crippen LogP contribution in [0.5, 0.6) is 5.75 Å². The van der Waals surface area contributed by atoms with Crippen molar-refractivity contribution in [3.05, 3.63) is 95.3 Å². The minimum absolute atomic E-state index is 0.159. The van der Waals surface area contributed by atoms with Gasteiger partial charge in [0.2, 0.25) is 0 Å². The quantitative estimate of drug-likeness (QED) is 0.770. The Morgan fingerprint density at radius 2 is 1.84 bits per heavy atom. The van der Waals surface area contributed by atoms with E-state index in [1.54, 1.807) is 37.7 Å². The zero-order valence-corrected chi connectivity index (χ0v) is 14.3. The summed E-state index contributed by atoms with van der Waals surface area (Å²) in [6.07, 6.45) is 3.50. The molecule has 2 aromatic carbocycles. The SMILES string of the molecule is COc1cccc(C(=O)N[C@H](c2ccc(C)cc2)c2cccnc2)c1. The zero-order valence-electron chi connectivity index (χ0n) is 14.3. The number of aryl methyl sites for hydroxylation is 1. The molecule has 0 aliphatic heterocycles. The summed E-state index contributed by atoms with van der Waals surface area (Å²) in [4.78, 5) is 16.9. The molecule has 1 atom stereocenters. The number of ether oxygens (including phenoxy) is 1. The Labute approximate surface area is 147 Å². The van der Waals surface area contributed by atoms with Gasteiger partial charge in [0.05, 0.1) is 13.2 Å². The minimum Gasteiger partial charge on any atom is -0.497 e. The van der Waals surface area contributed by atoms with E-state index in [9.17, 15) is 4.79 Å². The second-order valence-corrected chi connectivity index (χ2v) is 5.84. The van der Waals surface area contributed by atoms with Crippen LogP contribution in [0.25, 0.3) is 0 Å². The molecule has 0 bridgehead atoms. The molecule has 25 heavy (non-hydrogen) atoms. The van der Waals surface area contributed by atoms with Gasteiger partial charge in [0, 0.05) is 18.0 Å². The molecule has 0 radical (unpaired) electrons. The smallest absolute Gasteiger partial charge is 0.252 e. The van der Waals surface area contributed by atoms with E-state index in [1.165, 1.54) is 5.56 Å². The Bertz CT molecular complexity index is 845. The van der Waals surface area contributed by atoms with Crippen molar-refractivity contribution in [3.8, 4) is 5.75 Å². The average molecular weight is 332 g/mol. The number of nitrogens with one attached hydrogen (secondary N) is 1. The molecule has 4 nitrogen and oxygen atoms in total. The predicted molar refractivity (Wildman–Crippen MR) is 97.7 cm³/mol. The summed E-state index contributed by atoms with van der Waals surface area (Å²) >= 11 is 0. The highest BCUT2D eigenvalue weighted by atomic mass is 16.5. The number of carbonyl (C=O) groups is 1. The molecule has 1 amide bonds. The summed E-state index contributed by atoms with van der Waals surface area (Å²) in [5.74, 6) is 0.495. The van der Waals surface area contributed by atoms with Crippen molar-refractivity contribution in [2.24, 2.45) is 0 Å². The molecule has 0 aliphatic carbocycles. The molecule has 0 saturated carbocycles. The number of hydrogen-bond acceptors (Lipinski definition) is 3. The molecule has 4 heteroatoms. The van der Waals surface area contributed by atoms with Gasteiger partial charge in [0.25, 0.3) is 5.91 Å². The van der Waals surface area contributed by atoms with Crippen LogP contribution < -0.4 is 10.1 Å². The van der Waals surface area contributed by atoms with Crippen molar-refractivity contribution >= 4 is 5.91 Å². The monoisotopic (exact) mass is 332 g/mol. The highest BCUT2D eigenvalue weighted by Crippen LogP contribution is 2.23. The Kier molecular flexibility index (Phi) is 5.09. The number of methoxy groups -OCH3 is 1. The third-order valence-electron chi connectivity index (χ3n) is 4.04. The largest absolute Gasteiger partial charge is 0.497 e. The highest BCUT2D eigenvalue weighted by Gasteiger charge is 2.18. The van der Waals surface area contributed by atoms with Gasteiger partial charge in [0.15, 0.2) is 0 Å². The molecule has 0 saturated heterocycles. The maximum absolute atomic E-state index is 12.7. The molecule has 0 fully saturated rings. The van der Waals surface area contributed by atoms with Crippen molar-refractivity contribution in [1.82, 2.24) is 10.3 Å². The Balaban J connectivity index is 1.92. The zero-order chi connectivity index (χ0) is 17.6. The number of carbonyl (C=O) groups excluding carboxylic acids is 1. The first-order chi connectivity index (χ1) is 12.2. The summed E-state index contributed by atoms with van der Waals surface area (Å²) in [5, 5.41) is 3.10. The van der Waals surface area contributed by atoms with E-state index in [4.69, 9.17) is 4.74 Å². The van der Waals surface area contributed by atoms with E-state index >= 15 is 0 Å². The van der Waals surface area contributed by atoms with Gasteiger partial charge in [-0.25, -0.2) is 0 Å². The second-order valence-electron chi connectivity index (χ2n) is 5.84. The van der Waals surface area contributed by atoms with Crippen LogP contribution in [0.1, 0.15) is 33.1 Å². The van der Waals surface area contributed by atoms with E-state index in [-0.39, 0.29) is 11.9 Å². The van der Waals surface area contributed by atoms with E-state index in [2.05, 4.69) is 10.3 Å². The summed E-state index contributed by atoms with van der Waals surface area (Å²) in [5.41, 5.74) is 3.67. The van der Waals surface area contributed by atoms with Crippen LogP contribution >= 0.6 is 0 Å². The number of rotatable bonds is 5. The average Bonchev–Trinajstić information content (AvgIpc) is 2.67. The number of aromatic nitrogens is 1. The van der Waals surface area contributed by atoms with Crippen molar-refractivity contribution in [1.29, 1.82) is 0 Å². The van der Waals surface area contributed by atoms with E-state index in [0.29, 0.717) is 11.3 Å². The molecule has 0 aliphatic rings. The fourth-order valence-electron chi connectivity index (χ4n) is 2.64. The van der Waals surface area contributed by atoms with Crippen LogP contribution in [0.15, 0.2) is 73.1 Å². The molecule has 1 aromatic heterocycles. The molecule has 3 aromatic rings. The number of nitrogens with zero attached hydrogens (tertiary/aromatic N) is 1. The van der Waals surface area contributed by atoms with Gasteiger partial charge in [-0.3, -0.25) is 9.78 Å². The van der Waals surface area contributed by atoms with Crippen molar-refractivity contribution < 1.29 is 9.53 Å². The topological polar surface area (TPSA) is 51.2 Å². The molecule has 1 N–H and O–H groups in total. The lowest BCUT2D eigenvalue weighted by Crippen LogP contribution is -2.29. The van der Waals surface area contributed by atoms with Gasteiger partial charge < -0.3 is 10.1 Å². The lowest BCUT2D eigenvalue weighted by atomic mass is 9.98. The molecular formula is C21H20N2O2. The Hall–Kier alpha value is -3.14. The van der Waals surface area contributed by atoms with Crippen LogP contribution in [0.4, 0.5) is 0 Å². The maximum atomic E-state index is 12.7. The number of amides is 1. The van der Waals surface area contributed by atoms with Crippen LogP contribution in [0.3, 0.4) is 0 Å². The van der Waals surface area contributed by atoms with Crippen LogP contribution in [0, 0.1) is 6.92 Å². The second kappa shape index (κ2) is 7.62. The van der Waals surface area contributed by atoms with Gasteiger partial charge in [0.1, 0.15) is 5.75 Å². The molecule has 1 heterocycles. The lowest BCUT2D eigenvalue weighted by Gasteiger charge is -2.20. The van der Waals surface area contributed by atoms with E-state index in [0.717, 1.165) is 11.1 Å².